The Morgan fingerprint density at radius 1 is 1.20 bits per heavy atom. The largest absolute Gasteiger partial charge is 0.508 e. The minimum atomic E-state index is -0.0585. The highest BCUT2D eigenvalue weighted by atomic mass is 16.3. The number of likely N-dealkylation sites (N-methyl/N-ethyl adjacent to an activating group) is 1. The fraction of sp³-hybridized carbons (Fsp3) is 0.533. The third-order valence-corrected chi connectivity index (χ3v) is 3.30. The van der Waals surface area contributed by atoms with Gasteiger partial charge in [0.25, 0.3) is 0 Å². The van der Waals surface area contributed by atoms with Crippen molar-refractivity contribution in [2.75, 3.05) is 27.2 Å². The minimum absolute atomic E-state index is 0.0298. The molecule has 0 fully saturated rings. The van der Waals surface area contributed by atoms with Crippen molar-refractivity contribution in [3.63, 3.8) is 0 Å². The van der Waals surface area contributed by atoms with Crippen LogP contribution in [0.4, 0.5) is 0 Å². The lowest BCUT2D eigenvalue weighted by Gasteiger charge is -2.29. The molecule has 1 aromatic carbocycles. The topological polar surface area (TPSA) is 64.0 Å². The molecule has 1 atom stereocenters. The van der Waals surface area contributed by atoms with Crippen molar-refractivity contribution in [3.8, 4) is 11.5 Å². The van der Waals surface area contributed by atoms with E-state index in [2.05, 4.69) is 6.92 Å². The van der Waals surface area contributed by atoms with Gasteiger partial charge in [0, 0.05) is 26.2 Å². The first kappa shape index (κ1) is 16.3. The molecule has 0 aliphatic carbocycles. The third kappa shape index (κ3) is 4.42. The second kappa shape index (κ2) is 7.14. The first-order valence-electron chi connectivity index (χ1n) is 6.82. The van der Waals surface area contributed by atoms with Crippen LogP contribution >= 0.6 is 0 Å². The van der Waals surface area contributed by atoms with Crippen LogP contribution in [-0.2, 0) is 4.79 Å². The van der Waals surface area contributed by atoms with Gasteiger partial charge in [0.1, 0.15) is 11.5 Å². The molecule has 112 valence electrons. The Morgan fingerprint density at radius 2 is 1.75 bits per heavy atom. The number of rotatable bonds is 6. The van der Waals surface area contributed by atoms with E-state index in [-0.39, 0.29) is 23.4 Å². The molecule has 0 aliphatic heterocycles. The summed E-state index contributed by atoms with van der Waals surface area (Å²) in [5, 5.41) is 19.1. The summed E-state index contributed by atoms with van der Waals surface area (Å²) in [4.78, 5) is 15.5. The maximum atomic E-state index is 11.9. The van der Waals surface area contributed by atoms with Gasteiger partial charge in [-0.2, -0.15) is 0 Å². The Morgan fingerprint density at radius 3 is 2.20 bits per heavy atom. The number of hydrogen-bond acceptors (Lipinski definition) is 4. The van der Waals surface area contributed by atoms with Crippen molar-refractivity contribution in [1.29, 1.82) is 0 Å². The molecular weight excluding hydrogens is 256 g/mol. The van der Waals surface area contributed by atoms with Gasteiger partial charge in [-0.05, 0) is 37.6 Å². The summed E-state index contributed by atoms with van der Waals surface area (Å²) >= 11 is 0. The molecule has 0 aliphatic rings. The molecule has 0 spiro atoms. The lowest BCUT2D eigenvalue weighted by molar-refractivity contribution is -0.130. The van der Waals surface area contributed by atoms with E-state index in [1.165, 1.54) is 6.07 Å². The summed E-state index contributed by atoms with van der Waals surface area (Å²) in [6, 6.07) is 4.47. The van der Waals surface area contributed by atoms with Crippen molar-refractivity contribution in [3.05, 3.63) is 23.8 Å². The Hall–Kier alpha value is -1.75. The minimum Gasteiger partial charge on any atom is -0.508 e. The highest BCUT2D eigenvalue weighted by Gasteiger charge is 2.19. The number of carbonyl (C=O) groups excluding carboxylic acids is 1. The van der Waals surface area contributed by atoms with E-state index in [0.29, 0.717) is 6.54 Å². The Bertz CT molecular complexity index is 440. The Kier molecular flexibility index (Phi) is 5.82. The zero-order chi connectivity index (χ0) is 15.3. The lowest BCUT2D eigenvalue weighted by atomic mass is 10.1. The molecule has 0 heterocycles. The van der Waals surface area contributed by atoms with E-state index >= 15 is 0 Å². The van der Waals surface area contributed by atoms with Crippen LogP contribution in [0.3, 0.4) is 0 Å². The molecular formula is C15H24N2O3. The third-order valence-electron chi connectivity index (χ3n) is 3.30. The van der Waals surface area contributed by atoms with Gasteiger partial charge in [-0.15, -0.1) is 0 Å². The molecule has 0 saturated carbocycles. The molecule has 5 nitrogen and oxygen atoms in total. The van der Waals surface area contributed by atoms with Crippen LogP contribution in [-0.4, -0.2) is 53.1 Å². The molecule has 1 rings (SSSR count). The average molecular weight is 280 g/mol. The maximum Gasteiger partial charge on any atom is 0.236 e. The van der Waals surface area contributed by atoms with Gasteiger partial charge in [-0.3, -0.25) is 9.69 Å². The molecule has 2 N–H and O–H groups in total. The molecule has 1 amide bonds. The van der Waals surface area contributed by atoms with Gasteiger partial charge in [-0.1, -0.05) is 6.92 Å². The van der Waals surface area contributed by atoms with E-state index in [9.17, 15) is 15.0 Å². The van der Waals surface area contributed by atoms with Gasteiger partial charge in [0.2, 0.25) is 5.91 Å². The number of amides is 1. The quantitative estimate of drug-likeness (QED) is 0.836. The van der Waals surface area contributed by atoms with Crippen LogP contribution < -0.4 is 0 Å². The summed E-state index contributed by atoms with van der Waals surface area (Å²) in [5.74, 6) is 0.0964. The van der Waals surface area contributed by atoms with Gasteiger partial charge in [-0.25, -0.2) is 0 Å². The van der Waals surface area contributed by atoms with Gasteiger partial charge in [0.15, 0.2) is 0 Å². The molecule has 0 aromatic heterocycles. The maximum absolute atomic E-state index is 11.9. The lowest BCUT2D eigenvalue weighted by Crippen LogP contribution is -2.38. The SMILES string of the molecule is CCCN(CC(=O)N(C)C)C(C)c1cc(O)cc(O)c1. The van der Waals surface area contributed by atoms with E-state index in [0.717, 1.165) is 18.5 Å². The van der Waals surface area contributed by atoms with Gasteiger partial charge in [0.05, 0.1) is 6.54 Å². The summed E-state index contributed by atoms with van der Waals surface area (Å²) in [6.07, 6.45) is 0.926. The predicted octanol–water partition coefficient (Wildman–Crippen LogP) is 1.96. The number of hydrogen-bond donors (Lipinski definition) is 2. The summed E-state index contributed by atoms with van der Waals surface area (Å²) < 4.78 is 0. The number of phenols is 2. The number of benzene rings is 1. The van der Waals surface area contributed by atoms with Crippen LogP contribution in [0.1, 0.15) is 31.9 Å². The number of carbonyl (C=O) groups is 1. The molecule has 5 heteroatoms. The second-order valence-electron chi connectivity index (χ2n) is 5.22. The summed E-state index contributed by atoms with van der Waals surface area (Å²) in [5.41, 5.74) is 0.794. The van der Waals surface area contributed by atoms with Crippen LogP contribution in [0.5, 0.6) is 11.5 Å². The van der Waals surface area contributed by atoms with Crippen molar-refractivity contribution < 1.29 is 15.0 Å². The molecule has 0 saturated heterocycles. The van der Waals surface area contributed by atoms with Crippen molar-refractivity contribution in [1.82, 2.24) is 9.80 Å². The smallest absolute Gasteiger partial charge is 0.236 e. The van der Waals surface area contributed by atoms with E-state index in [1.807, 2.05) is 11.8 Å². The van der Waals surface area contributed by atoms with Crippen molar-refractivity contribution >= 4 is 5.91 Å². The van der Waals surface area contributed by atoms with E-state index < -0.39 is 0 Å². The average Bonchev–Trinajstić information content (AvgIpc) is 2.35. The Labute approximate surface area is 120 Å². The van der Waals surface area contributed by atoms with E-state index in [4.69, 9.17) is 0 Å². The van der Waals surface area contributed by atoms with Gasteiger partial charge < -0.3 is 15.1 Å². The first-order valence-corrected chi connectivity index (χ1v) is 6.82. The summed E-state index contributed by atoms with van der Waals surface area (Å²) in [7, 11) is 3.47. The number of nitrogens with zero attached hydrogens (tertiary/aromatic N) is 2. The fourth-order valence-electron chi connectivity index (χ4n) is 2.08. The fourth-order valence-corrected chi connectivity index (χ4v) is 2.08. The second-order valence-corrected chi connectivity index (χ2v) is 5.22. The normalized spacial score (nSPS) is 12.4. The molecule has 1 aromatic rings. The van der Waals surface area contributed by atoms with Crippen molar-refractivity contribution in [2.24, 2.45) is 0 Å². The van der Waals surface area contributed by atoms with Crippen LogP contribution in [0.2, 0.25) is 0 Å². The van der Waals surface area contributed by atoms with Gasteiger partial charge >= 0.3 is 0 Å². The zero-order valence-electron chi connectivity index (χ0n) is 12.6. The summed E-state index contributed by atoms with van der Waals surface area (Å²) in [6.45, 7) is 5.11. The molecule has 1 unspecified atom stereocenters. The van der Waals surface area contributed by atoms with E-state index in [1.54, 1.807) is 31.1 Å². The molecule has 0 bridgehead atoms. The monoisotopic (exact) mass is 280 g/mol. The highest BCUT2D eigenvalue weighted by Crippen LogP contribution is 2.28. The van der Waals surface area contributed by atoms with Crippen LogP contribution in [0.25, 0.3) is 0 Å². The predicted molar refractivity (Wildman–Crippen MR) is 78.7 cm³/mol. The first-order chi connectivity index (χ1) is 9.35. The molecule has 0 radical (unpaired) electrons. The van der Waals surface area contributed by atoms with Crippen molar-refractivity contribution in [2.45, 2.75) is 26.3 Å². The zero-order valence-corrected chi connectivity index (χ0v) is 12.6. The molecule has 20 heavy (non-hydrogen) atoms. The highest BCUT2D eigenvalue weighted by molar-refractivity contribution is 5.77. The standard InChI is InChI=1S/C15H24N2O3/c1-5-6-17(10-15(20)16(3)4)11(2)12-7-13(18)9-14(19)8-12/h7-9,11,18-19H,5-6,10H2,1-4H3. The number of phenolic OH excluding ortho intramolecular Hbond substituents is 2. The number of aromatic hydroxyl groups is 2. The van der Waals surface area contributed by atoms with Crippen LogP contribution in [0.15, 0.2) is 18.2 Å². The van der Waals surface area contributed by atoms with Crippen LogP contribution in [0, 0.1) is 0 Å². The Balaban J connectivity index is 2.92.